The molecular formula is C60H66Br2N4O12. The lowest BCUT2D eigenvalue weighted by Crippen LogP contribution is -2.28. The van der Waals surface area contributed by atoms with E-state index in [1.807, 2.05) is 0 Å². The molecular weight excluding hydrogens is 1130 g/mol. The van der Waals surface area contributed by atoms with Crippen LogP contribution in [0.5, 0.6) is 23.0 Å². The first-order chi connectivity index (χ1) is 37.7. The Hall–Kier alpha value is -6.40. The minimum Gasteiger partial charge on any atom is -0.493 e. The van der Waals surface area contributed by atoms with Gasteiger partial charge in [-0.2, -0.15) is 0 Å². The average Bonchev–Trinajstić information content (AvgIpc) is 4.10. The second-order valence-corrected chi connectivity index (χ2v) is 22.2. The number of hydrogen-bond acceptors (Lipinski definition) is 12. The van der Waals surface area contributed by atoms with Crippen LogP contribution in [-0.2, 0) is 26.2 Å². The van der Waals surface area contributed by atoms with Crippen molar-refractivity contribution in [3.63, 3.8) is 0 Å². The molecule has 0 spiro atoms. The van der Waals surface area contributed by atoms with E-state index in [1.165, 1.54) is 12.1 Å². The van der Waals surface area contributed by atoms with Crippen molar-refractivity contribution in [2.75, 3.05) is 26.4 Å². The molecule has 4 aromatic carbocycles. The zero-order chi connectivity index (χ0) is 55.4. The molecule has 0 saturated carbocycles. The summed E-state index contributed by atoms with van der Waals surface area (Å²) in [6.45, 7) is 8.32. The molecule has 16 bridgehead atoms. The van der Waals surface area contributed by atoms with E-state index in [2.05, 4.69) is 59.6 Å². The monoisotopic (exact) mass is 1190 g/mol. The van der Waals surface area contributed by atoms with Gasteiger partial charge >= 0.3 is 0 Å². The van der Waals surface area contributed by atoms with Gasteiger partial charge in [-0.25, -0.2) is 0 Å². The van der Waals surface area contributed by atoms with Crippen molar-refractivity contribution in [2.45, 2.75) is 157 Å². The fourth-order valence-corrected chi connectivity index (χ4v) is 12.3. The molecule has 16 nitrogen and oxygen atoms in total. The number of hydrogen-bond donors (Lipinski definition) is 0. The Labute approximate surface area is 466 Å². The third kappa shape index (κ3) is 10.9. The van der Waals surface area contributed by atoms with Crippen LogP contribution in [0, 0.1) is 0 Å². The normalized spacial score (nSPS) is 12.7. The van der Waals surface area contributed by atoms with E-state index < -0.39 is 44.5 Å². The molecule has 18 rings (SSSR count). The summed E-state index contributed by atoms with van der Waals surface area (Å²) in [5.41, 5.74) is -3.90. The Balaban J connectivity index is 1.30. The van der Waals surface area contributed by atoms with Gasteiger partial charge in [0, 0.05) is 31.2 Å². The number of unbranched alkanes of at least 4 members (excludes halogenated alkanes) is 12. The van der Waals surface area contributed by atoms with Gasteiger partial charge in [-0.1, -0.05) is 105 Å². The predicted molar refractivity (Wildman–Crippen MR) is 313 cm³/mol. The lowest BCUT2D eigenvalue weighted by atomic mass is 10.1. The van der Waals surface area contributed by atoms with Gasteiger partial charge in [0.1, 0.15) is 23.0 Å². The smallest absolute Gasteiger partial charge is 0.263 e. The van der Waals surface area contributed by atoms with Crippen molar-refractivity contribution in [2.24, 2.45) is 0 Å². The first kappa shape index (κ1) is 56.3. The van der Waals surface area contributed by atoms with Crippen LogP contribution in [0.4, 0.5) is 0 Å². The van der Waals surface area contributed by atoms with E-state index in [-0.39, 0.29) is 128 Å². The number of halogens is 2. The first-order valence-corrected chi connectivity index (χ1v) is 29.3. The molecule has 0 radical (unpaired) electrons. The van der Waals surface area contributed by atoms with Crippen LogP contribution in [0.25, 0.3) is 43.1 Å². The highest BCUT2D eigenvalue weighted by Gasteiger charge is 2.29. The van der Waals surface area contributed by atoms with Gasteiger partial charge in [-0.3, -0.25) is 56.6 Å². The Bertz CT molecular complexity index is 3490. The van der Waals surface area contributed by atoms with Crippen LogP contribution in [0.3, 0.4) is 0 Å². The van der Waals surface area contributed by atoms with Crippen molar-refractivity contribution in [3.8, 4) is 23.0 Å². The maximum atomic E-state index is 14.7. The first-order valence-electron chi connectivity index (χ1n) is 27.7. The molecule has 8 aromatic rings. The molecule has 78 heavy (non-hydrogen) atoms. The van der Waals surface area contributed by atoms with E-state index in [4.69, 9.17) is 18.9 Å². The quantitative estimate of drug-likeness (QED) is 0.0521. The summed E-state index contributed by atoms with van der Waals surface area (Å²) in [4.78, 5) is 117. The van der Waals surface area contributed by atoms with E-state index in [0.717, 1.165) is 95.3 Å². The molecule has 0 atom stereocenters. The summed E-state index contributed by atoms with van der Waals surface area (Å²) in [6, 6.07) is 9.29. The van der Waals surface area contributed by atoms with E-state index >= 15 is 0 Å². The highest BCUT2D eigenvalue weighted by Crippen LogP contribution is 2.35. The van der Waals surface area contributed by atoms with Crippen molar-refractivity contribution in [1.29, 1.82) is 0 Å². The Kier molecular flexibility index (Phi) is 17.9. The summed E-state index contributed by atoms with van der Waals surface area (Å²) in [5.74, 6) is 1.15. The Morgan fingerprint density at radius 1 is 0.321 bits per heavy atom. The standard InChI is InChI=1S/C60H66Br2N4O12/c1-5-9-13-17-21-75-43-25-36-32-64-54(68)40-30-42-50(52(62)48(40)58(64)72)60(74)66(56(42)70)34-38-28-45(77-23-19-15-11-7-3)37(27-46(38)78-24-20-16-12-8-4)33-65-55(69)41-29-39-47(51(61)49(41)59(65)73)57(71)63(53(39)67)31-35(43)26-44(36)76-22-18-14-10-6-2/h25-30H,5-24,31-34H2,1-4H3. The van der Waals surface area contributed by atoms with Gasteiger partial charge in [0.05, 0.1) is 95.7 Å². The molecule has 10 aliphatic rings. The minimum atomic E-state index is -0.692. The van der Waals surface area contributed by atoms with E-state index in [0.29, 0.717) is 47.9 Å². The van der Waals surface area contributed by atoms with Gasteiger partial charge in [-0.05, 0) is 93.9 Å². The molecule has 0 aliphatic carbocycles. The van der Waals surface area contributed by atoms with Crippen LogP contribution in [0.2, 0.25) is 0 Å². The predicted octanol–water partition coefficient (Wildman–Crippen LogP) is 10.0. The van der Waals surface area contributed by atoms with E-state index in [1.54, 1.807) is 24.3 Å². The minimum absolute atomic E-state index is 0.0120. The molecule has 4 aromatic heterocycles. The fraction of sp³-hybridized carbons (Fsp3) is 0.467. The van der Waals surface area contributed by atoms with Gasteiger partial charge in [0.25, 0.3) is 44.5 Å². The highest BCUT2D eigenvalue weighted by atomic mass is 79.9. The molecule has 0 fully saturated rings. The summed E-state index contributed by atoms with van der Waals surface area (Å²) in [6.07, 6.45) is 14.2. The molecule has 0 N–H and O–H groups in total. The molecule has 412 valence electrons. The van der Waals surface area contributed by atoms with Gasteiger partial charge in [0.2, 0.25) is 0 Å². The summed E-state index contributed by atoms with van der Waals surface area (Å²) in [5, 5.41) is -0.481. The van der Waals surface area contributed by atoms with Gasteiger partial charge in [-0.15, -0.1) is 0 Å². The molecule has 0 unspecified atom stereocenters. The number of rotatable bonds is 24. The Morgan fingerprint density at radius 2 is 0.538 bits per heavy atom. The van der Waals surface area contributed by atoms with Crippen molar-refractivity contribution in [1.82, 2.24) is 18.3 Å². The lowest BCUT2D eigenvalue weighted by molar-refractivity contribution is 0.291. The molecule has 14 heterocycles. The van der Waals surface area contributed by atoms with Crippen molar-refractivity contribution in [3.05, 3.63) is 150 Å². The molecule has 10 aliphatic heterocycles. The summed E-state index contributed by atoms with van der Waals surface area (Å²) < 4.78 is 30.0. The summed E-state index contributed by atoms with van der Waals surface area (Å²) in [7, 11) is 0. The average molecular weight is 1200 g/mol. The van der Waals surface area contributed by atoms with E-state index in [9.17, 15) is 38.4 Å². The second-order valence-electron chi connectivity index (χ2n) is 20.6. The van der Waals surface area contributed by atoms with Crippen molar-refractivity contribution >= 4 is 74.9 Å². The van der Waals surface area contributed by atoms with Gasteiger partial charge < -0.3 is 18.9 Å². The second kappa shape index (κ2) is 24.7. The molecule has 0 amide bonds. The van der Waals surface area contributed by atoms with Crippen LogP contribution >= 0.6 is 31.9 Å². The number of ether oxygens (including phenoxy) is 4. The Morgan fingerprint density at radius 3 is 0.744 bits per heavy atom. The van der Waals surface area contributed by atoms with Crippen LogP contribution in [-0.4, -0.2) is 44.7 Å². The van der Waals surface area contributed by atoms with Crippen LogP contribution < -0.4 is 63.4 Å². The van der Waals surface area contributed by atoms with Crippen molar-refractivity contribution < 1.29 is 18.9 Å². The summed E-state index contributed by atoms with van der Waals surface area (Å²) >= 11 is 7.03. The topological polar surface area (TPSA) is 193 Å². The highest BCUT2D eigenvalue weighted by molar-refractivity contribution is 9.11. The maximum absolute atomic E-state index is 14.7. The fourth-order valence-electron chi connectivity index (χ4n) is 10.7. The SMILES string of the molecule is CCCCCCOc1cc2c(OCCCCCC)cc1Cn1c(=O)c3cc4c(=O)n(c(=O)c4c(Br)c3c1=O)Cc1cc(OCCCCCC)c(cc1OCCCCCC)Cn1c(=O)c3cc4c(=O)n(c(=O)c4c(Br)c3c1=O)C2. The largest absolute Gasteiger partial charge is 0.493 e. The number of nitrogens with zero attached hydrogens (tertiary/aromatic N) is 4. The molecule has 18 heteroatoms. The number of aromatic nitrogens is 4. The van der Waals surface area contributed by atoms with Gasteiger partial charge in [0.15, 0.2) is 0 Å². The maximum Gasteiger partial charge on any atom is 0.263 e. The lowest BCUT2D eigenvalue weighted by Gasteiger charge is -2.18. The van der Waals surface area contributed by atoms with Crippen LogP contribution in [0.1, 0.15) is 153 Å². The number of benzene rings is 4. The third-order valence-corrected chi connectivity index (χ3v) is 16.7. The van der Waals surface area contributed by atoms with Crippen LogP contribution in [0.15, 0.2) is 83.7 Å². The zero-order valence-electron chi connectivity index (χ0n) is 44.9. The zero-order valence-corrected chi connectivity index (χ0v) is 48.1. The third-order valence-electron chi connectivity index (χ3n) is 15.1. The molecule has 0 saturated heterocycles.